The second kappa shape index (κ2) is 7.46. The Balaban J connectivity index is 1.70. The van der Waals surface area contributed by atoms with Crippen LogP contribution in [0.1, 0.15) is 48.7 Å². The van der Waals surface area contributed by atoms with Gasteiger partial charge in [-0.25, -0.2) is 4.79 Å². The Morgan fingerprint density at radius 2 is 1.96 bits per heavy atom. The van der Waals surface area contributed by atoms with Gasteiger partial charge in [0.15, 0.2) is 6.10 Å². The Kier molecular flexibility index (Phi) is 5.28. The van der Waals surface area contributed by atoms with Gasteiger partial charge in [-0.15, -0.1) is 11.3 Å². The van der Waals surface area contributed by atoms with Crippen molar-refractivity contribution < 1.29 is 14.3 Å². The van der Waals surface area contributed by atoms with E-state index in [0.29, 0.717) is 17.7 Å². The van der Waals surface area contributed by atoms with Crippen molar-refractivity contribution in [2.75, 3.05) is 7.05 Å². The predicted octanol–water partition coefficient (Wildman–Crippen LogP) is 4.13. The zero-order valence-corrected chi connectivity index (χ0v) is 15.8. The SMILES string of the molecule is C[C@H](OC(=O)c1cc2ccccc2s1)C(=O)N(C)C1(C#N)CCCCC1. The van der Waals surface area contributed by atoms with Gasteiger partial charge in [0.1, 0.15) is 10.4 Å². The highest BCUT2D eigenvalue weighted by Gasteiger charge is 2.40. The van der Waals surface area contributed by atoms with Gasteiger partial charge in [0, 0.05) is 11.7 Å². The first kappa shape index (κ1) is 18.4. The molecule has 0 saturated heterocycles. The number of nitriles is 1. The quantitative estimate of drug-likeness (QED) is 0.759. The number of hydrogen-bond acceptors (Lipinski definition) is 5. The number of carbonyl (C=O) groups excluding carboxylic acids is 2. The smallest absolute Gasteiger partial charge is 0.349 e. The number of likely N-dealkylation sites (N-methyl/N-ethyl adjacent to an activating group) is 1. The average molecular weight is 370 g/mol. The number of nitrogens with zero attached hydrogens (tertiary/aromatic N) is 2. The molecule has 1 saturated carbocycles. The highest BCUT2D eigenvalue weighted by atomic mass is 32.1. The number of amides is 1. The van der Waals surface area contributed by atoms with E-state index in [1.807, 2.05) is 24.3 Å². The molecule has 1 aromatic heterocycles. The predicted molar refractivity (Wildman–Crippen MR) is 101 cm³/mol. The molecule has 1 aliphatic rings. The van der Waals surface area contributed by atoms with Crippen molar-refractivity contribution in [2.45, 2.75) is 50.7 Å². The Labute approximate surface area is 157 Å². The Morgan fingerprint density at radius 3 is 2.62 bits per heavy atom. The fraction of sp³-hybridized carbons (Fsp3) is 0.450. The Hall–Kier alpha value is -2.39. The van der Waals surface area contributed by atoms with Gasteiger partial charge in [-0.1, -0.05) is 37.5 Å². The fourth-order valence-electron chi connectivity index (χ4n) is 3.49. The Bertz CT molecular complexity index is 828. The zero-order valence-electron chi connectivity index (χ0n) is 15.0. The molecule has 0 spiro atoms. The van der Waals surface area contributed by atoms with E-state index in [0.717, 1.165) is 29.3 Å². The van der Waals surface area contributed by atoms with Crippen LogP contribution in [-0.2, 0) is 9.53 Å². The molecule has 6 heteroatoms. The van der Waals surface area contributed by atoms with Crippen LogP contribution < -0.4 is 0 Å². The first-order valence-corrected chi connectivity index (χ1v) is 9.67. The van der Waals surface area contributed by atoms with E-state index in [1.54, 1.807) is 20.0 Å². The lowest BCUT2D eigenvalue weighted by Gasteiger charge is -2.39. The number of hydrogen-bond donors (Lipinski definition) is 0. The molecule has 5 nitrogen and oxygen atoms in total. The molecule has 1 heterocycles. The van der Waals surface area contributed by atoms with E-state index in [2.05, 4.69) is 6.07 Å². The van der Waals surface area contributed by atoms with E-state index in [-0.39, 0.29) is 5.91 Å². The number of fused-ring (bicyclic) bond motifs is 1. The summed E-state index contributed by atoms with van der Waals surface area (Å²) in [6, 6.07) is 11.8. The molecular formula is C20H22N2O3S. The van der Waals surface area contributed by atoms with Crippen molar-refractivity contribution >= 4 is 33.3 Å². The minimum atomic E-state index is -0.926. The molecule has 2 aromatic rings. The molecule has 1 atom stereocenters. The third kappa shape index (κ3) is 3.45. The van der Waals surface area contributed by atoms with Crippen LogP contribution in [-0.4, -0.2) is 35.5 Å². The molecule has 1 fully saturated rings. The second-order valence-electron chi connectivity index (χ2n) is 6.80. The van der Waals surface area contributed by atoms with Crippen LogP contribution in [0.2, 0.25) is 0 Å². The summed E-state index contributed by atoms with van der Waals surface area (Å²) < 4.78 is 6.40. The van der Waals surface area contributed by atoms with Crippen molar-refractivity contribution in [1.82, 2.24) is 4.90 Å². The number of rotatable bonds is 4. The minimum absolute atomic E-state index is 0.331. The summed E-state index contributed by atoms with van der Waals surface area (Å²) >= 11 is 1.35. The first-order chi connectivity index (χ1) is 12.5. The molecule has 3 rings (SSSR count). The maximum atomic E-state index is 12.7. The maximum Gasteiger partial charge on any atom is 0.349 e. The van der Waals surface area contributed by atoms with Crippen LogP contribution in [0, 0.1) is 11.3 Å². The van der Waals surface area contributed by atoms with Crippen LogP contribution in [0.3, 0.4) is 0 Å². The number of thiophene rings is 1. The van der Waals surface area contributed by atoms with Gasteiger partial charge in [0.05, 0.1) is 6.07 Å². The molecule has 0 bridgehead atoms. The van der Waals surface area contributed by atoms with Crippen molar-refractivity contribution in [3.63, 3.8) is 0 Å². The van der Waals surface area contributed by atoms with Crippen LogP contribution in [0.15, 0.2) is 30.3 Å². The maximum absolute atomic E-state index is 12.7. The van der Waals surface area contributed by atoms with Crippen LogP contribution >= 0.6 is 11.3 Å². The zero-order chi connectivity index (χ0) is 18.7. The number of carbonyl (C=O) groups is 2. The summed E-state index contributed by atoms with van der Waals surface area (Å²) in [6.07, 6.45) is 3.36. The summed E-state index contributed by atoms with van der Waals surface area (Å²) in [4.78, 5) is 27.1. The molecule has 26 heavy (non-hydrogen) atoms. The fourth-order valence-corrected chi connectivity index (χ4v) is 4.44. The lowest BCUT2D eigenvalue weighted by Crippen LogP contribution is -2.53. The summed E-state index contributed by atoms with van der Waals surface area (Å²) in [7, 11) is 1.64. The highest BCUT2D eigenvalue weighted by molar-refractivity contribution is 7.20. The largest absolute Gasteiger partial charge is 0.448 e. The van der Waals surface area contributed by atoms with Gasteiger partial charge >= 0.3 is 5.97 Å². The van der Waals surface area contributed by atoms with Gasteiger partial charge < -0.3 is 9.64 Å². The number of ether oxygens (including phenoxy) is 1. The van der Waals surface area contributed by atoms with Crippen molar-refractivity contribution in [3.05, 3.63) is 35.2 Å². The molecule has 0 aliphatic heterocycles. The minimum Gasteiger partial charge on any atom is -0.448 e. The van der Waals surface area contributed by atoms with Gasteiger partial charge in [-0.2, -0.15) is 5.26 Å². The standard InChI is InChI=1S/C20H22N2O3S/c1-14(18(23)22(2)20(13-21)10-6-3-7-11-20)25-19(24)17-12-15-8-4-5-9-16(15)26-17/h4-5,8-9,12,14H,3,6-7,10-11H2,1-2H3/t14-/m0/s1. The third-order valence-corrected chi connectivity index (χ3v) is 6.22. The topological polar surface area (TPSA) is 70.4 Å². The van der Waals surface area contributed by atoms with Crippen LogP contribution in [0.5, 0.6) is 0 Å². The van der Waals surface area contributed by atoms with E-state index in [4.69, 9.17) is 4.74 Å². The average Bonchev–Trinajstić information content (AvgIpc) is 3.11. The molecule has 0 radical (unpaired) electrons. The summed E-state index contributed by atoms with van der Waals surface area (Å²) in [5, 5.41) is 10.6. The van der Waals surface area contributed by atoms with E-state index in [9.17, 15) is 14.9 Å². The van der Waals surface area contributed by atoms with E-state index in [1.165, 1.54) is 16.2 Å². The van der Waals surface area contributed by atoms with Crippen molar-refractivity contribution in [3.8, 4) is 6.07 Å². The molecule has 1 amide bonds. The summed E-state index contributed by atoms with van der Waals surface area (Å²) in [6.45, 7) is 1.57. The van der Waals surface area contributed by atoms with Crippen LogP contribution in [0.4, 0.5) is 0 Å². The molecular weight excluding hydrogens is 348 g/mol. The summed E-state index contributed by atoms with van der Waals surface area (Å²) in [5.74, 6) is -0.835. The van der Waals surface area contributed by atoms with Crippen molar-refractivity contribution in [1.29, 1.82) is 5.26 Å². The van der Waals surface area contributed by atoms with Gasteiger partial charge in [-0.3, -0.25) is 4.79 Å². The lowest BCUT2D eigenvalue weighted by atomic mass is 9.81. The molecule has 0 unspecified atom stereocenters. The first-order valence-electron chi connectivity index (χ1n) is 8.85. The molecule has 1 aromatic carbocycles. The summed E-state index contributed by atoms with van der Waals surface area (Å²) in [5.41, 5.74) is -0.784. The molecule has 0 N–H and O–H groups in total. The monoisotopic (exact) mass is 370 g/mol. The third-order valence-electron chi connectivity index (χ3n) is 5.12. The van der Waals surface area contributed by atoms with Crippen LogP contribution in [0.25, 0.3) is 10.1 Å². The molecule has 136 valence electrons. The lowest BCUT2D eigenvalue weighted by molar-refractivity contribution is -0.143. The Morgan fingerprint density at radius 1 is 1.27 bits per heavy atom. The van der Waals surface area contributed by atoms with E-state index >= 15 is 0 Å². The number of benzene rings is 1. The van der Waals surface area contributed by atoms with Gasteiger partial charge in [-0.05, 0) is 37.3 Å². The molecule has 1 aliphatic carbocycles. The van der Waals surface area contributed by atoms with Gasteiger partial charge in [0.2, 0.25) is 0 Å². The second-order valence-corrected chi connectivity index (χ2v) is 7.88. The van der Waals surface area contributed by atoms with Gasteiger partial charge in [0.25, 0.3) is 5.91 Å². The highest BCUT2D eigenvalue weighted by Crippen LogP contribution is 2.33. The number of esters is 1. The van der Waals surface area contributed by atoms with Crippen molar-refractivity contribution in [2.24, 2.45) is 0 Å². The normalized spacial score (nSPS) is 17.3. The van der Waals surface area contributed by atoms with E-state index < -0.39 is 17.6 Å².